The van der Waals surface area contributed by atoms with Gasteiger partial charge >= 0.3 is 6.03 Å². The minimum Gasteiger partial charge on any atom is -0.383 e. The van der Waals surface area contributed by atoms with Crippen molar-refractivity contribution in [2.24, 2.45) is 0 Å². The van der Waals surface area contributed by atoms with Gasteiger partial charge in [0.15, 0.2) is 6.29 Å². The highest BCUT2D eigenvalue weighted by molar-refractivity contribution is 6.03. The van der Waals surface area contributed by atoms with Crippen LogP contribution >= 0.6 is 0 Å². The lowest BCUT2D eigenvalue weighted by Gasteiger charge is -2.57. The minimum absolute atomic E-state index is 0.0259. The first kappa shape index (κ1) is 25.6. The Morgan fingerprint density at radius 3 is 2.84 bits per heavy atom. The van der Waals surface area contributed by atoms with Crippen molar-refractivity contribution in [3.63, 3.8) is 0 Å². The molecule has 6 rings (SSSR count). The lowest BCUT2D eigenvalue weighted by molar-refractivity contribution is -0.128. The molecule has 0 aromatic carbocycles. The molecule has 3 aliphatic heterocycles. The van der Waals surface area contributed by atoms with Gasteiger partial charge in [-0.2, -0.15) is 5.26 Å². The fourth-order valence-electron chi connectivity index (χ4n) is 5.61. The SMILES string of the molecule is COCCNc1cc(NC(=O)N2c3nc(C=O)ccc3C3(NC(=O)C4CCCN4C)CC2C3)ncc1C#N. The van der Waals surface area contributed by atoms with E-state index in [1.165, 1.54) is 11.1 Å². The molecule has 2 aromatic rings. The molecule has 5 heterocycles. The summed E-state index contributed by atoms with van der Waals surface area (Å²) in [5.41, 5.74) is 1.15. The second-order valence-electron chi connectivity index (χ2n) is 9.94. The Labute approximate surface area is 220 Å². The van der Waals surface area contributed by atoms with Gasteiger partial charge < -0.3 is 15.4 Å². The largest absolute Gasteiger partial charge is 0.383 e. The van der Waals surface area contributed by atoms with E-state index in [-0.39, 0.29) is 29.5 Å². The van der Waals surface area contributed by atoms with Gasteiger partial charge in [0.05, 0.1) is 29.4 Å². The number of carbonyl (C=O) groups excluding carboxylic acids is 3. The van der Waals surface area contributed by atoms with Crippen LogP contribution < -0.4 is 20.9 Å². The highest BCUT2D eigenvalue weighted by atomic mass is 16.5. The van der Waals surface area contributed by atoms with E-state index in [0.29, 0.717) is 54.9 Å². The van der Waals surface area contributed by atoms with Crippen molar-refractivity contribution in [3.8, 4) is 6.07 Å². The Morgan fingerprint density at radius 1 is 1.34 bits per heavy atom. The first-order valence-corrected chi connectivity index (χ1v) is 12.6. The van der Waals surface area contributed by atoms with E-state index in [4.69, 9.17) is 4.74 Å². The summed E-state index contributed by atoms with van der Waals surface area (Å²) in [4.78, 5) is 50.5. The second kappa shape index (κ2) is 10.4. The minimum atomic E-state index is -0.628. The van der Waals surface area contributed by atoms with Gasteiger partial charge in [-0.1, -0.05) is 6.07 Å². The number of nitrogens with one attached hydrogen (secondary N) is 3. The van der Waals surface area contributed by atoms with Crippen molar-refractivity contribution in [2.75, 3.05) is 49.4 Å². The van der Waals surface area contributed by atoms with Crippen LogP contribution in [0.1, 0.15) is 47.3 Å². The standard InChI is InChI=1S/C26H30N8O4/c1-33-8-3-4-21(33)24(36)32-26-11-18(12-26)34(23-19(26)6-5-17(15-35)30-23)25(37)31-22-10-20(28-7-9-38-2)16(13-27)14-29-22/h5-6,10,14-15,18,21H,3-4,7-9,11-12H2,1-2H3,(H,32,36)(H2,28,29,31,37). The quantitative estimate of drug-likeness (QED) is 0.351. The zero-order valence-corrected chi connectivity index (χ0v) is 21.4. The maximum atomic E-state index is 13.5. The molecule has 0 radical (unpaired) electrons. The van der Waals surface area contributed by atoms with Gasteiger partial charge in [-0.05, 0) is 45.3 Å². The smallest absolute Gasteiger partial charge is 0.328 e. The summed E-state index contributed by atoms with van der Waals surface area (Å²) in [5, 5.41) is 18.6. The molecule has 2 fully saturated rings. The molecule has 3 amide bonds. The third-order valence-corrected chi connectivity index (χ3v) is 7.58. The van der Waals surface area contributed by atoms with E-state index in [1.54, 1.807) is 25.3 Å². The van der Waals surface area contributed by atoms with Crippen LogP contribution in [0.3, 0.4) is 0 Å². The van der Waals surface area contributed by atoms with Crippen LogP contribution in [-0.4, -0.2) is 79.0 Å². The summed E-state index contributed by atoms with van der Waals surface area (Å²) in [7, 11) is 3.53. The second-order valence-corrected chi connectivity index (χ2v) is 9.94. The van der Waals surface area contributed by atoms with Gasteiger partial charge in [0.2, 0.25) is 5.91 Å². The number of aldehydes is 1. The molecule has 1 saturated heterocycles. The lowest BCUT2D eigenvalue weighted by atomic mass is 9.64. The number of ether oxygens (including phenoxy) is 1. The number of urea groups is 1. The van der Waals surface area contributed by atoms with Crippen LogP contribution in [0.15, 0.2) is 24.4 Å². The fourth-order valence-corrected chi connectivity index (χ4v) is 5.61. The van der Waals surface area contributed by atoms with E-state index in [1.807, 2.05) is 7.05 Å². The summed E-state index contributed by atoms with van der Waals surface area (Å²) in [5.74, 6) is 0.583. The third-order valence-electron chi connectivity index (χ3n) is 7.58. The number of amides is 3. The number of carbonyl (C=O) groups is 3. The molecule has 0 spiro atoms. The third kappa shape index (κ3) is 4.55. The number of rotatable bonds is 8. The van der Waals surface area contributed by atoms with E-state index in [9.17, 15) is 19.6 Å². The number of pyridine rings is 2. The number of likely N-dealkylation sites (N-methyl/N-ethyl adjacent to an activating group) is 1. The number of likely N-dealkylation sites (tertiary alicyclic amines) is 1. The summed E-state index contributed by atoms with van der Waals surface area (Å²) < 4.78 is 5.05. The Morgan fingerprint density at radius 2 is 2.16 bits per heavy atom. The van der Waals surface area contributed by atoms with Crippen LogP contribution in [0.4, 0.5) is 22.1 Å². The molecule has 1 aliphatic carbocycles. The number of hydrogen-bond acceptors (Lipinski definition) is 9. The Hall–Kier alpha value is -4.08. The van der Waals surface area contributed by atoms with E-state index >= 15 is 0 Å². The Kier molecular flexibility index (Phi) is 6.96. The van der Waals surface area contributed by atoms with Gasteiger partial charge in [0.25, 0.3) is 0 Å². The highest BCUT2D eigenvalue weighted by Gasteiger charge is 2.57. The topological polar surface area (TPSA) is 153 Å². The Balaban J connectivity index is 1.40. The molecule has 1 atom stereocenters. The number of nitrogens with zero attached hydrogens (tertiary/aromatic N) is 5. The molecular weight excluding hydrogens is 488 g/mol. The molecular formula is C26H30N8O4. The zero-order chi connectivity index (χ0) is 26.9. The zero-order valence-electron chi connectivity index (χ0n) is 21.4. The number of methoxy groups -OCH3 is 1. The van der Waals surface area contributed by atoms with Crippen LogP contribution in [-0.2, 0) is 15.1 Å². The van der Waals surface area contributed by atoms with Gasteiger partial charge in [0, 0.05) is 37.5 Å². The van der Waals surface area contributed by atoms with Crippen molar-refractivity contribution in [1.29, 1.82) is 5.26 Å². The fraction of sp³-hybridized carbons (Fsp3) is 0.462. The molecule has 3 N–H and O–H groups in total. The van der Waals surface area contributed by atoms with Crippen LogP contribution in [0, 0.1) is 11.3 Å². The molecule has 38 heavy (non-hydrogen) atoms. The maximum Gasteiger partial charge on any atom is 0.328 e. The number of aromatic nitrogens is 2. The van der Waals surface area contributed by atoms with Gasteiger partial charge in [-0.15, -0.1) is 0 Å². The first-order valence-electron chi connectivity index (χ1n) is 12.6. The van der Waals surface area contributed by atoms with Crippen LogP contribution in [0.5, 0.6) is 0 Å². The van der Waals surface area contributed by atoms with Crippen LogP contribution in [0.2, 0.25) is 0 Å². The van der Waals surface area contributed by atoms with Gasteiger partial charge in [-0.3, -0.25) is 24.7 Å². The summed E-state index contributed by atoms with van der Waals surface area (Å²) in [6.07, 6.45) is 4.90. The molecule has 2 bridgehead atoms. The summed E-state index contributed by atoms with van der Waals surface area (Å²) in [6.45, 7) is 1.81. The molecule has 198 valence electrons. The average molecular weight is 519 g/mol. The molecule has 1 unspecified atom stereocenters. The predicted octanol–water partition coefficient (Wildman–Crippen LogP) is 1.84. The first-order chi connectivity index (χ1) is 18.4. The normalized spacial score (nSPS) is 23.6. The summed E-state index contributed by atoms with van der Waals surface area (Å²) in [6, 6.07) is 6.21. The van der Waals surface area contributed by atoms with Crippen molar-refractivity contribution in [1.82, 2.24) is 20.2 Å². The van der Waals surface area contributed by atoms with Gasteiger partial charge in [0.1, 0.15) is 23.4 Å². The van der Waals surface area contributed by atoms with Crippen molar-refractivity contribution >= 4 is 35.5 Å². The highest BCUT2D eigenvalue weighted by Crippen LogP contribution is 2.53. The van der Waals surface area contributed by atoms with Gasteiger partial charge in [-0.25, -0.2) is 14.8 Å². The monoisotopic (exact) mass is 518 g/mol. The number of anilines is 3. The Bertz CT molecular complexity index is 1300. The van der Waals surface area contributed by atoms with Crippen LogP contribution in [0.25, 0.3) is 0 Å². The summed E-state index contributed by atoms with van der Waals surface area (Å²) >= 11 is 0. The molecule has 12 heteroatoms. The molecule has 4 aliphatic rings. The van der Waals surface area contributed by atoms with E-state index in [0.717, 1.165) is 19.4 Å². The lowest BCUT2D eigenvalue weighted by Crippen LogP contribution is -2.68. The van der Waals surface area contributed by atoms with E-state index < -0.39 is 11.6 Å². The van der Waals surface area contributed by atoms with E-state index in [2.05, 4.69) is 36.9 Å². The number of nitriles is 1. The molecule has 2 aromatic heterocycles. The molecule has 12 nitrogen and oxygen atoms in total. The van der Waals surface area contributed by atoms with Crippen molar-refractivity contribution in [2.45, 2.75) is 43.3 Å². The maximum absolute atomic E-state index is 13.5. The molecule has 1 saturated carbocycles. The average Bonchev–Trinajstić information content (AvgIpc) is 3.33. The van der Waals surface area contributed by atoms with Crippen molar-refractivity contribution < 1.29 is 19.1 Å². The van der Waals surface area contributed by atoms with Crippen molar-refractivity contribution in [3.05, 3.63) is 41.2 Å². The number of hydrogen-bond donors (Lipinski definition) is 3. The predicted molar refractivity (Wildman–Crippen MR) is 139 cm³/mol.